The summed E-state index contributed by atoms with van der Waals surface area (Å²) in [5.74, 6) is 0.0481. The molecule has 1 atom stereocenters. The number of hydrogen-bond donors (Lipinski definition) is 1. The molecule has 1 unspecified atom stereocenters. The van der Waals surface area contributed by atoms with E-state index in [1.54, 1.807) is 36.4 Å². The lowest BCUT2D eigenvalue weighted by molar-refractivity contribution is -0.141. The number of anilines is 1. The lowest BCUT2D eigenvalue weighted by Gasteiger charge is -2.32. The Morgan fingerprint density at radius 1 is 1.11 bits per heavy atom. The molecule has 0 spiro atoms. The Labute approximate surface area is 219 Å². The highest BCUT2D eigenvalue weighted by Crippen LogP contribution is 2.24. The molecule has 0 aliphatic heterocycles. The molecular formula is C26H36ClN3O5S. The predicted molar refractivity (Wildman–Crippen MR) is 144 cm³/mol. The fraction of sp³-hybridized carbons (Fsp3) is 0.462. The van der Waals surface area contributed by atoms with Gasteiger partial charge in [0.25, 0.3) is 0 Å². The standard InChI is InChI=1S/C26H36ClN3O5S/c1-6-24(26(32)28-19(2)3)29(18-20-11-7-8-14-23(20)27)25(31)15-10-16-30(36(5,33)34)21-12-9-13-22(17-21)35-4/h7-9,11-14,17,19,24H,6,10,15-16,18H2,1-5H3,(H,28,32). The van der Waals surface area contributed by atoms with Crippen LogP contribution in [0.15, 0.2) is 48.5 Å². The molecule has 2 aromatic rings. The molecular weight excluding hydrogens is 502 g/mol. The summed E-state index contributed by atoms with van der Waals surface area (Å²) in [6, 6.07) is 13.2. The van der Waals surface area contributed by atoms with Crippen molar-refractivity contribution in [3.8, 4) is 5.75 Å². The number of nitrogens with zero attached hydrogens (tertiary/aromatic N) is 2. The highest BCUT2D eigenvalue weighted by atomic mass is 35.5. The third-order valence-corrected chi connectivity index (χ3v) is 7.17. The van der Waals surface area contributed by atoms with Crippen LogP contribution in [0.3, 0.4) is 0 Å². The number of hydrogen-bond acceptors (Lipinski definition) is 5. The number of carbonyl (C=O) groups is 2. The third kappa shape index (κ3) is 8.41. The number of carbonyl (C=O) groups excluding carboxylic acids is 2. The molecule has 2 amide bonds. The van der Waals surface area contributed by atoms with E-state index in [4.69, 9.17) is 16.3 Å². The van der Waals surface area contributed by atoms with E-state index in [9.17, 15) is 18.0 Å². The molecule has 0 saturated carbocycles. The van der Waals surface area contributed by atoms with Crippen molar-refractivity contribution in [1.29, 1.82) is 0 Å². The fourth-order valence-electron chi connectivity index (χ4n) is 3.88. The van der Waals surface area contributed by atoms with Gasteiger partial charge in [-0.15, -0.1) is 0 Å². The van der Waals surface area contributed by atoms with Gasteiger partial charge in [0, 0.05) is 36.6 Å². The number of methoxy groups -OCH3 is 1. The number of nitrogens with one attached hydrogen (secondary N) is 1. The highest BCUT2D eigenvalue weighted by Gasteiger charge is 2.29. The second kappa shape index (κ2) is 13.5. The number of amides is 2. The monoisotopic (exact) mass is 537 g/mol. The summed E-state index contributed by atoms with van der Waals surface area (Å²) in [6.07, 6.45) is 1.88. The second-order valence-corrected chi connectivity index (χ2v) is 11.2. The topological polar surface area (TPSA) is 96.0 Å². The van der Waals surface area contributed by atoms with Crippen LogP contribution in [-0.2, 0) is 26.2 Å². The Morgan fingerprint density at radius 2 is 1.81 bits per heavy atom. The molecule has 2 aromatic carbocycles. The zero-order valence-electron chi connectivity index (χ0n) is 21.5. The van der Waals surface area contributed by atoms with Gasteiger partial charge in [0.15, 0.2) is 0 Å². The van der Waals surface area contributed by atoms with Crippen LogP contribution in [0.4, 0.5) is 5.69 Å². The van der Waals surface area contributed by atoms with Crippen LogP contribution in [0, 0.1) is 0 Å². The summed E-state index contributed by atoms with van der Waals surface area (Å²) >= 11 is 6.35. The molecule has 0 bridgehead atoms. The molecule has 198 valence electrons. The van der Waals surface area contributed by atoms with Crippen LogP contribution < -0.4 is 14.4 Å². The maximum atomic E-state index is 13.4. The molecule has 0 heterocycles. The van der Waals surface area contributed by atoms with E-state index in [1.807, 2.05) is 32.9 Å². The van der Waals surface area contributed by atoms with E-state index in [0.29, 0.717) is 22.9 Å². The van der Waals surface area contributed by atoms with Gasteiger partial charge in [0.2, 0.25) is 21.8 Å². The van der Waals surface area contributed by atoms with Crippen molar-refractivity contribution in [2.75, 3.05) is 24.2 Å². The zero-order chi connectivity index (χ0) is 26.9. The van der Waals surface area contributed by atoms with Gasteiger partial charge < -0.3 is 15.0 Å². The summed E-state index contributed by atoms with van der Waals surface area (Å²) in [7, 11) is -2.08. The molecule has 0 aliphatic rings. The quantitative estimate of drug-likeness (QED) is 0.412. The molecule has 8 nitrogen and oxygen atoms in total. The smallest absolute Gasteiger partial charge is 0.243 e. The minimum absolute atomic E-state index is 0.0614. The molecule has 0 aromatic heterocycles. The van der Waals surface area contributed by atoms with Crippen molar-refractivity contribution in [1.82, 2.24) is 10.2 Å². The molecule has 36 heavy (non-hydrogen) atoms. The van der Waals surface area contributed by atoms with Crippen LogP contribution >= 0.6 is 11.6 Å². The molecule has 0 aliphatic carbocycles. The van der Waals surface area contributed by atoms with Gasteiger partial charge >= 0.3 is 0 Å². The van der Waals surface area contributed by atoms with Crippen LogP contribution in [0.5, 0.6) is 5.75 Å². The van der Waals surface area contributed by atoms with Crippen molar-refractivity contribution >= 4 is 39.1 Å². The first-order valence-electron chi connectivity index (χ1n) is 11.9. The van der Waals surface area contributed by atoms with E-state index in [1.165, 1.54) is 16.3 Å². The van der Waals surface area contributed by atoms with Crippen molar-refractivity contribution in [3.05, 3.63) is 59.1 Å². The molecule has 0 fully saturated rings. The van der Waals surface area contributed by atoms with Crippen LogP contribution in [0.1, 0.15) is 45.6 Å². The summed E-state index contributed by atoms with van der Waals surface area (Å²) in [5.41, 5.74) is 1.19. The summed E-state index contributed by atoms with van der Waals surface area (Å²) < 4.78 is 31.4. The molecule has 2 rings (SSSR count). The average molecular weight is 538 g/mol. The van der Waals surface area contributed by atoms with E-state index in [2.05, 4.69) is 5.32 Å². The first-order chi connectivity index (χ1) is 17.0. The van der Waals surface area contributed by atoms with E-state index >= 15 is 0 Å². The van der Waals surface area contributed by atoms with Gasteiger partial charge in [0.05, 0.1) is 19.1 Å². The summed E-state index contributed by atoms with van der Waals surface area (Å²) in [5, 5.41) is 3.40. The predicted octanol–water partition coefficient (Wildman–Crippen LogP) is 4.23. The lowest BCUT2D eigenvalue weighted by Crippen LogP contribution is -2.50. The summed E-state index contributed by atoms with van der Waals surface area (Å²) in [4.78, 5) is 27.9. The Hall–Kier alpha value is -2.78. The summed E-state index contributed by atoms with van der Waals surface area (Å²) in [6.45, 7) is 5.86. The van der Waals surface area contributed by atoms with Gasteiger partial charge in [-0.3, -0.25) is 13.9 Å². The van der Waals surface area contributed by atoms with E-state index in [-0.39, 0.29) is 43.8 Å². The number of ether oxygens (including phenoxy) is 1. The molecule has 0 radical (unpaired) electrons. The van der Waals surface area contributed by atoms with Crippen molar-refractivity contribution in [2.45, 2.75) is 58.7 Å². The fourth-order valence-corrected chi connectivity index (χ4v) is 5.03. The molecule has 0 saturated heterocycles. The number of rotatable bonds is 13. The number of halogens is 1. The van der Waals surface area contributed by atoms with Gasteiger partial charge in [-0.1, -0.05) is 42.8 Å². The first-order valence-corrected chi connectivity index (χ1v) is 14.2. The van der Waals surface area contributed by atoms with Crippen LogP contribution in [0.25, 0.3) is 0 Å². The van der Waals surface area contributed by atoms with Gasteiger partial charge in [-0.2, -0.15) is 0 Å². The lowest BCUT2D eigenvalue weighted by atomic mass is 10.1. The second-order valence-electron chi connectivity index (χ2n) is 8.84. The maximum Gasteiger partial charge on any atom is 0.243 e. The van der Waals surface area contributed by atoms with Gasteiger partial charge in [-0.05, 0) is 50.5 Å². The third-order valence-electron chi connectivity index (χ3n) is 5.61. The van der Waals surface area contributed by atoms with Crippen LogP contribution in [-0.4, -0.2) is 57.1 Å². The Bertz CT molecular complexity index is 1140. The molecule has 10 heteroatoms. The average Bonchev–Trinajstić information content (AvgIpc) is 2.81. The number of benzene rings is 2. The van der Waals surface area contributed by atoms with Crippen molar-refractivity contribution in [2.24, 2.45) is 0 Å². The van der Waals surface area contributed by atoms with Crippen molar-refractivity contribution in [3.63, 3.8) is 0 Å². The maximum absolute atomic E-state index is 13.4. The van der Waals surface area contributed by atoms with Crippen molar-refractivity contribution < 1.29 is 22.7 Å². The normalized spacial score (nSPS) is 12.2. The van der Waals surface area contributed by atoms with E-state index < -0.39 is 16.1 Å². The zero-order valence-corrected chi connectivity index (χ0v) is 23.1. The Balaban J connectivity index is 2.24. The molecule has 1 N–H and O–H groups in total. The van der Waals surface area contributed by atoms with Gasteiger partial charge in [-0.25, -0.2) is 8.42 Å². The number of sulfonamides is 1. The minimum Gasteiger partial charge on any atom is -0.497 e. The largest absolute Gasteiger partial charge is 0.497 e. The van der Waals surface area contributed by atoms with Crippen LogP contribution in [0.2, 0.25) is 5.02 Å². The highest BCUT2D eigenvalue weighted by molar-refractivity contribution is 7.92. The SMILES string of the molecule is CCC(C(=O)NC(C)C)N(Cc1ccccc1Cl)C(=O)CCCN(c1cccc(OC)c1)S(C)(=O)=O. The first kappa shape index (κ1) is 29.5. The van der Waals surface area contributed by atoms with Gasteiger partial charge in [0.1, 0.15) is 11.8 Å². The Morgan fingerprint density at radius 3 is 2.39 bits per heavy atom. The minimum atomic E-state index is -3.59. The Kier molecular flexibility index (Phi) is 11.0. The van der Waals surface area contributed by atoms with E-state index in [0.717, 1.165) is 11.8 Å².